The predicted molar refractivity (Wildman–Crippen MR) is 108 cm³/mol. The Morgan fingerprint density at radius 2 is 1.88 bits per heavy atom. The maximum atomic E-state index is 11.9. The predicted octanol–water partition coefficient (Wildman–Crippen LogP) is 2.86. The second kappa shape index (κ2) is 13.1. The number of benzene rings is 1. The van der Waals surface area contributed by atoms with Crippen LogP contribution in [0.15, 0.2) is 29.6 Å². The first-order valence-corrected chi connectivity index (χ1v) is 8.55. The van der Waals surface area contributed by atoms with Gasteiger partial charge in [-0.05, 0) is 6.92 Å². The van der Waals surface area contributed by atoms with E-state index in [0.717, 1.165) is 29.4 Å². The summed E-state index contributed by atoms with van der Waals surface area (Å²) in [5.41, 5.74) is 3.13. The number of carbonyl (C=O) groups excluding carboxylic acids is 1. The molecule has 0 aliphatic carbocycles. The third-order valence-corrected chi connectivity index (χ3v) is 4.24. The van der Waals surface area contributed by atoms with E-state index in [1.165, 1.54) is 5.56 Å². The van der Waals surface area contributed by atoms with Gasteiger partial charge in [-0.25, -0.2) is 4.98 Å². The molecule has 1 aromatic heterocycles. The van der Waals surface area contributed by atoms with Crippen LogP contribution in [0.4, 0.5) is 0 Å². The SMILES string of the molecule is COCCNCCNC(=O)Cc1csc(-c2ccc(C)cc2)n1.Cl.Cl. The Kier molecular flexibility index (Phi) is 12.5. The number of nitrogens with one attached hydrogen (secondary N) is 2. The molecule has 140 valence electrons. The second-order valence-corrected chi connectivity index (χ2v) is 6.14. The quantitative estimate of drug-likeness (QED) is 0.629. The Morgan fingerprint density at radius 1 is 1.16 bits per heavy atom. The summed E-state index contributed by atoms with van der Waals surface area (Å²) < 4.78 is 4.94. The summed E-state index contributed by atoms with van der Waals surface area (Å²) in [6, 6.07) is 8.26. The first-order chi connectivity index (χ1) is 11.2. The van der Waals surface area contributed by atoms with Crippen LogP contribution in [0.2, 0.25) is 0 Å². The molecule has 0 aliphatic rings. The highest BCUT2D eigenvalue weighted by Gasteiger charge is 2.08. The number of ether oxygens (including phenoxy) is 1. The lowest BCUT2D eigenvalue weighted by Crippen LogP contribution is -2.33. The summed E-state index contributed by atoms with van der Waals surface area (Å²) in [6.07, 6.45) is 0.320. The molecule has 0 atom stereocenters. The van der Waals surface area contributed by atoms with Gasteiger partial charge in [-0.3, -0.25) is 4.79 Å². The summed E-state index contributed by atoms with van der Waals surface area (Å²) in [4.78, 5) is 16.4. The molecule has 2 aromatic rings. The van der Waals surface area contributed by atoms with E-state index >= 15 is 0 Å². The maximum Gasteiger partial charge on any atom is 0.226 e. The van der Waals surface area contributed by atoms with Gasteiger partial charge in [-0.15, -0.1) is 36.2 Å². The zero-order valence-corrected chi connectivity index (χ0v) is 16.9. The molecule has 25 heavy (non-hydrogen) atoms. The molecule has 0 saturated heterocycles. The highest BCUT2D eigenvalue weighted by Crippen LogP contribution is 2.24. The van der Waals surface area contributed by atoms with Gasteiger partial charge >= 0.3 is 0 Å². The number of methoxy groups -OCH3 is 1. The topological polar surface area (TPSA) is 63.2 Å². The van der Waals surface area contributed by atoms with E-state index in [2.05, 4.69) is 46.8 Å². The smallest absolute Gasteiger partial charge is 0.226 e. The van der Waals surface area contributed by atoms with Crippen molar-refractivity contribution < 1.29 is 9.53 Å². The maximum absolute atomic E-state index is 11.9. The van der Waals surface area contributed by atoms with Crippen LogP contribution in [-0.2, 0) is 16.0 Å². The summed E-state index contributed by atoms with van der Waals surface area (Å²) in [5.74, 6) is -0.000650. The molecule has 0 spiro atoms. The standard InChI is InChI=1S/C17H23N3O2S.2ClH/c1-13-3-5-14(6-4-13)17-20-15(12-23-17)11-16(21)19-8-7-18-9-10-22-2;;/h3-6,12,18H,7-11H2,1-2H3,(H,19,21);2*1H. The van der Waals surface area contributed by atoms with Gasteiger partial charge in [0.05, 0.1) is 18.7 Å². The van der Waals surface area contributed by atoms with Gasteiger partial charge in [0.15, 0.2) is 0 Å². The first kappa shape index (κ1) is 23.8. The second-order valence-electron chi connectivity index (χ2n) is 5.28. The molecule has 5 nitrogen and oxygen atoms in total. The van der Waals surface area contributed by atoms with Gasteiger partial charge in [0, 0.05) is 37.7 Å². The van der Waals surface area contributed by atoms with E-state index in [1.807, 2.05) is 5.38 Å². The lowest BCUT2D eigenvalue weighted by atomic mass is 10.2. The van der Waals surface area contributed by atoms with Crippen LogP contribution in [0.1, 0.15) is 11.3 Å². The highest BCUT2D eigenvalue weighted by atomic mass is 35.5. The number of aryl methyl sites for hydroxylation is 1. The first-order valence-electron chi connectivity index (χ1n) is 7.67. The van der Waals surface area contributed by atoms with Gasteiger partial charge in [-0.1, -0.05) is 29.8 Å². The van der Waals surface area contributed by atoms with E-state index in [-0.39, 0.29) is 30.7 Å². The molecule has 0 fully saturated rings. The number of carbonyl (C=O) groups is 1. The number of hydrogen-bond acceptors (Lipinski definition) is 5. The van der Waals surface area contributed by atoms with Crippen molar-refractivity contribution in [2.75, 3.05) is 33.4 Å². The Labute approximate surface area is 165 Å². The zero-order valence-electron chi connectivity index (χ0n) is 14.4. The van der Waals surface area contributed by atoms with Gasteiger partial charge in [-0.2, -0.15) is 0 Å². The van der Waals surface area contributed by atoms with Crippen LogP contribution < -0.4 is 10.6 Å². The molecule has 1 aromatic carbocycles. The lowest BCUT2D eigenvalue weighted by molar-refractivity contribution is -0.120. The third kappa shape index (κ3) is 8.65. The van der Waals surface area contributed by atoms with Crippen molar-refractivity contribution >= 4 is 42.1 Å². The van der Waals surface area contributed by atoms with Gasteiger partial charge in [0.1, 0.15) is 5.01 Å². The van der Waals surface area contributed by atoms with Crippen LogP contribution in [0.25, 0.3) is 10.6 Å². The molecule has 2 N–H and O–H groups in total. The third-order valence-electron chi connectivity index (χ3n) is 3.30. The monoisotopic (exact) mass is 405 g/mol. The summed E-state index contributed by atoms with van der Waals surface area (Å²) in [5, 5.41) is 8.97. The molecule has 0 bridgehead atoms. The fourth-order valence-electron chi connectivity index (χ4n) is 2.03. The molecule has 1 heterocycles. The van der Waals surface area contributed by atoms with Crippen LogP contribution in [0.5, 0.6) is 0 Å². The van der Waals surface area contributed by atoms with Crippen molar-refractivity contribution in [3.8, 4) is 10.6 Å². The minimum atomic E-state index is -0.000650. The summed E-state index contributed by atoms with van der Waals surface area (Å²) in [6.45, 7) is 4.87. The van der Waals surface area contributed by atoms with Crippen molar-refractivity contribution in [2.45, 2.75) is 13.3 Å². The van der Waals surface area contributed by atoms with Crippen molar-refractivity contribution in [2.24, 2.45) is 0 Å². The summed E-state index contributed by atoms with van der Waals surface area (Å²) in [7, 11) is 1.67. The van der Waals surface area contributed by atoms with E-state index in [0.29, 0.717) is 19.6 Å². The van der Waals surface area contributed by atoms with E-state index in [1.54, 1.807) is 18.4 Å². The summed E-state index contributed by atoms with van der Waals surface area (Å²) >= 11 is 1.57. The fourth-order valence-corrected chi connectivity index (χ4v) is 2.86. The van der Waals surface area contributed by atoms with Crippen molar-refractivity contribution in [3.63, 3.8) is 0 Å². The van der Waals surface area contributed by atoms with Crippen molar-refractivity contribution in [3.05, 3.63) is 40.9 Å². The average molecular weight is 406 g/mol. The van der Waals surface area contributed by atoms with Crippen molar-refractivity contribution in [1.29, 1.82) is 0 Å². The largest absolute Gasteiger partial charge is 0.383 e. The van der Waals surface area contributed by atoms with E-state index < -0.39 is 0 Å². The fraction of sp³-hybridized carbons (Fsp3) is 0.412. The van der Waals surface area contributed by atoms with Gasteiger partial charge in [0.2, 0.25) is 5.91 Å². The van der Waals surface area contributed by atoms with Crippen molar-refractivity contribution in [1.82, 2.24) is 15.6 Å². The number of aromatic nitrogens is 1. The molecule has 1 amide bonds. The van der Waals surface area contributed by atoms with Crippen LogP contribution in [-0.4, -0.2) is 44.2 Å². The number of amides is 1. The van der Waals surface area contributed by atoms with Crippen LogP contribution in [0.3, 0.4) is 0 Å². The Hall–Kier alpha value is -1.18. The van der Waals surface area contributed by atoms with E-state index in [9.17, 15) is 4.79 Å². The molecule has 0 unspecified atom stereocenters. The molecular formula is C17H25Cl2N3O2S. The number of hydrogen-bond donors (Lipinski definition) is 2. The van der Waals surface area contributed by atoms with Crippen LogP contribution >= 0.6 is 36.2 Å². The van der Waals surface area contributed by atoms with Crippen LogP contribution in [0, 0.1) is 6.92 Å². The van der Waals surface area contributed by atoms with Gasteiger partial charge in [0.25, 0.3) is 0 Å². The molecule has 0 radical (unpaired) electrons. The molecule has 0 aliphatic heterocycles. The Morgan fingerprint density at radius 3 is 2.56 bits per heavy atom. The van der Waals surface area contributed by atoms with Gasteiger partial charge < -0.3 is 15.4 Å². The average Bonchev–Trinajstić information content (AvgIpc) is 3.00. The number of thiazole rings is 1. The molecular weight excluding hydrogens is 381 g/mol. The molecule has 2 rings (SSSR count). The lowest BCUT2D eigenvalue weighted by Gasteiger charge is -2.05. The minimum Gasteiger partial charge on any atom is -0.383 e. The Balaban J connectivity index is 0.00000288. The number of nitrogens with zero attached hydrogens (tertiary/aromatic N) is 1. The molecule has 0 saturated carbocycles. The number of halogens is 2. The molecule has 8 heteroatoms. The minimum absolute atomic E-state index is 0. The van der Waals surface area contributed by atoms with E-state index in [4.69, 9.17) is 4.74 Å². The highest BCUT2D eigenvalue weighted by molar-refractivity contribution is 7.13. The number of rotatable bonds is 9. The zero-order chi connectivity index (χ0) is 16.5. The Bertz CT molecular complexity index is 621. The normalized spacial score (nSPS) is 9.84.